The van der Waals surface area contributed by atoms with Gasteiger partial charge in [-0.15, -0.1) is 0 Å². The van der Waals surface area contributed by atoms with Gasteiger partial charge in [0, 0.05) is 42.1 Å². The average molecular weight is 971 g/mol. The Morgan fingerprint density at radius 1 is 0.397 bits per heavy atom. The lowest BCUT2D eigenvalue weighted by Crippen LogP contribution is -2.19. The van der Waals surface area contributed by atoms with Crippen LogP contribution in [0.4, 0.5) is 28.4 Å². The van der Waals surface area contributed by atoms with Crippen LogP contribution >= 0.6 is 23.5 Å². The van der Waals surface area contributed by atoms with Gasteiger partial charge in [0.05, 0.1) is 17.1 Å². The summed E-state index contributed by atoms with van der Waals surface area (Å²) in [5.74, 6) is 0. The van der Waals surface area contributed by atoms with E-state index in [0.717, 1.165) is 11.4 Å². The fourth-order valence-corrected chi connectivity index (χ4v) is 14.1. The normalized spacial score (nSPS) is 14.4. The van der Waals surface area contributed by atoms with Crippen molar-refractivity contribution in [3.05, 3.63) is 252 Å². The van der Waals surface area contributed by atoms with E-state index in [2.05, 4.69) is 268 Å². The van der Waals surface area contributed by atoms with E-state index in [1.54, 1.807) is 0 Å². The predicted octanol–water partition coefficient (Wildman–Crippen LogP) is 20.4. The SMILES string of the molecule is C/C=C\C1=C(C)N(c2ccc3c(-c4ccc5c(c4)C(C)(C)c4ccccc4-5)c4cc(N5c6ccccc6Sc6ccccc65)ccc4c(-c4ccc(-c5ccc6ccccc6c5)cc4)c3c2)c2ccccc2S1. The number of fused-ring (bicyclic) bond motifs is 9. The Morgan fingerprint density at radius 2 is 0.918 bits per heavy atom. The number of thioether (sulfide) groups is 1. The third-order valence-corrected chi connectivity index (χ3v) is 17.8. The molecule has 2 aliphatic heterocycles. The molecule has 0 unspecified atom stereocenters. The van der Waals surface area contributed by atoms with Crippen molar-refractivity contribution >= 4 is 84.3 Å². The van der Waals surface area contributed by atoms with E-state index in [-0.39, 0.29) is 5.41 Å². The summed E-state index contributed by atoms with van der Waals surface area (Å²) in [5, 5.41) is 7.38. The summed E-state index contributed by atoms with van der Waals surface area (Å²) in [5.41, 5.74) is 19.6. The Bertz CT molecular complexity index is 4110. The summed E-state index contributed by atoms with van der Waals surface area (Å²) >= 11 is 3.70. The molecule has 1 aliphatic carbocycles. The van der Waals surface area contributed by atoms with Crippen molar-refractivity contribution in [2.24, 2.45) is 0 Å². The quantitative estimate of drug-likeness (QED) is 0.153. The van der Waals surface area contributed by atoms with Crippen molar-refractivity contribution in [3.63, 3.8) is 0 Å². The molecule has 0 fully saturated rings. The third-order valence-electron chi connectivity index (χ3n) is 15.5. The molecule has 0 N–H and O–H groups in total. The van der Waals surface area contributed by atoms with Gasteiger partial charge in [0.1, 0.15) is 0 Å². The van der Waals surface area contributed by atoms with Gasteiger partial charge < -0.3 is 9.80 Å². The van der Waals surface area contributed by atoms with Gasteiger partial charge in [0.15, 0.2) is 0 Å². The molecule has 348 valence electrons. The molecule has 0 radical (unpaired) electrons. The number of hydrogen-bond acceptors (Lipinski definition) is 4. The first-order chi connectivity index (χ1) is 35.8. The molecule has 73 heavy (non-hydrogen) atoms. The first-order valence-corrected chi connectivity index (χ1v) is 26.9. The number of benzene rings is 11. The maximum absolute atomic E-state index is 2.51. The number of allylic oxidation sites excluding steroid dienone is 3. The summed E-state index contributed by atoms with van der Waals surface area (Å²) < 4.78 is 0. The molecular formula is C69H50N2S2. The minimum atomic E-state index is -0.161. The minimum absolute atomic E-state index is 0.161. The van der Waals surface area contributed by atoms with Crippen LogP contribution in [0.2, 0.25) is 0 Å². The van der Waals surface area contributed by atoms with Crippen LogP contribution in [0.5, 0.6) is 0 Å². The Kier molecular flexibility index (Phi) is 10.2. The molecule has 11 aromatic carbocycles. The van der Waals surface area contributed by atoms with Crippen molar-refractivity contribution in [1.82, 2.24) is 0 Å². The van der Waals surface area contributed by atoms with E-state index in [9.17, 15) is 0 Å². The van der Waals surface area contributed by atoms with Crippen LogP contribution in [-0.4, -0.2) is 0 Å². The number of rotatable bonds is 6. The molecule has 0 saturated heterocycles. The van der Waals surface area contributed by atoms with Gasteiger partial charge in [-0.25, -0.2) is 0 Å². The van der Waals surface area contributed by atoms with Crippen LogP contribution in [0.1, 0.15) is 38.8 Å². The monoisotopic (exact) mass is 970 g/mol. The smallest absolute Gasteiger partial charge is 0.0601 e. The van der Waals surface area contributed by atoms with E-state index in [4.69, 9.17) is 0 Å². The maximum atomic E-state index is 2.51. The summed E-state index contributed by atoms with van der Waals surface area (Å²) in [6.07, 6.45) is 4.40. The summed E-state index contributed by atoms with van der Waals surface area (Å²) in [6, 6.07) is 82.1. The molecule has 14 rings (SSSR count). The first-order valence-electron chi connectivity index (χ1n) is 25.3. The Morgan fingerprint density at radius 3 is 1.60 bits per heavy atom. The van der Waals surface area contributed by atoms with Gasteiger partial charge in [-0.05, 0) is 175 Å². The second kappa shape index (κ2) is 17.1. The highest BCUT2D eigenvalue weighted by Gasteiger charge is 2.36. The zero-order chi connectivity index (χ0) is 49.0. The molecule has 2 heterocycles. The van der Waals surface area contributed by atoms with Crippen molar-refractivity contribution in [3.8, 4) is 44.5 Å². The van der Waals surface area contributed by atoms with Gasteiger partial charge in [0.2, 0.25) is 0 Å². The van der Waals surface area contributed by atoms with Crippen molar-refractivity contribution < 1.29 is 0 Å². The summed E-state index contributed by atoms with van der Waals surface area (Å²) in [7, 11) is 0. The van der Waals surface area contributed by atoms with E-state index in [1.807, 2.05) is 23.5 Å². The van der Waals surface area contributed by atoms with Crippen LogP contribution in [0.25, 0.3) is 76.8 Å². The zero-order valence-electron chi connectivity index (χ0n) is 41.2. The van der Waals surface area contributed by atoms with Gasteiger partial charge in [-0.2, -0.15) is 0 Å². The maximum Gasteiger partial charge on any atom is 0.0601 e. The van der Waals surface area contributed by atoms with E-state index >= 15 is 0 Å². The molecule has 3 aliphatic rings. The van der Waals surface area contributed by atoms with Crippen LogP contribution in [0, 0.1) is 0 Å². The van der Waals surface area contributed by atoms with Crippen LogP contribution in [0.15, 0.2) is 256 Å². The van der Waals surface area contributed by atoms with Gasteiger partial charge in [-0.1, -0.05) is 195 Å². The summed E-state index contributed by atoms with van der Waals surface area (Å²) in [6.45, 7) is 9.16. The number of para-hydroxylation sites is 3. The largest absolute Gasteiger partial charge is 0.312 e. The lowest BCUT2D eigenvalue weighted by Gasteiger charge is -2.34. The molecule has 0 aromatic heterocycles. The van der Waals surface area contributed by atoms with Gasteiger partial charge >= 0.3 is 0 Å². The minimum Gasteiger partial charge on any atom is -0.312 e. The number of nitrogens with zero attached hydrogens (tertiary/aromatic N) is 2. The highest BCUT2D eigenvalue weighted by molar-refractivity contribution is 8.03. The molecule has 0 atom stereocenters. The van der Waals surface area contributed by atoms with E-state index in [1.165, 1.54) is 130 Å². The fraction of sp³-hybridized carbons (Fsp3) is 0.0725. The molecule has 0 amide bonds. The topological polar surface area (TPSA) is 6.48 Å². The Balaban J connectivity index is 1.07. The fourth-order valence-electron chi connectivity index (χ4n) is 12.0. The molecule has 0 spiro atoms. The Labute approximate surface area is 436 Å². The first kappa shape index (κ1) is 43.7. The Hall–Kier alpha value is -8.02. The molecule has 4 heteroatoms. The molecular weight excluding hydrogens is 921 g/mol. The molecule has 2 nitrogen and oxygen atoms in total. The highest BCUT2D eigenvalue weighted by atomic mass is 32.2. The summed E-state index contributed by atoms with van der Waals surface area (Å²) in [4.78, 5) is 9.94. The predicted molar refractivity (Wildman–Crippen MR) is 314 cm³/mol. The average Bonchev–Trinajstić information content (AvgIpc) is 3.66. The highest BCUT2D eigenvalue weighted by Crippen LogP contribution is 2.56. The zero-order valence-corrected chi connectivity index (χ0v) is 42.8. The lowest BCUT2D eigenvalue weighted by molar-refractivity contribution is 0.660. The molecule has 0 bridgehead atoms. The van der Waals surface area contributed by atoms with Crippen LogP contribution < -0.4 is 9.80 Å². The number of hydrogen-bond donors (Lipinski definition) is 0. The van der Waals surface area contributed by atoms with E-state index in [0.29, 0.717) is 0 Å². The van der Waals surface area contributed by atoms with E-state index < -0.39 is 0 Å². The van der Waals surface area contributed by atoms with Crippen LogP contribution in [0.3, 0.4) is 0 Å². The van der Waals surface area contributed by atoms with Crippen molar-refractivity contribution in [2.45, 2.75) is 47.8 Å². The lowest BCUT2D eigenvalue weighted by atomic mass is 9.80. The van der Waals surface area contributed by atoms with Crippen LogP contribution in [-0.2, 0) is 5.41 Å². The molecule has 0 saturated carbocycles. The number of anilines is 5. The second-order valence-corrected chi connectivity index (χ2v) is 22.2. The molecule has 11 aromatic rings. The van der Waals surface area contributed by atoms with Crippen molar-refractivity contribution in [2.75, 3.05) is 9.80 Å². The van der Waals surface area contributed by atoms with Gasteiger partial charge in [0.25, 0.3) is 0 Å². The third kappa shape index (κ3) is 6.96. The van der Waals surface area contributed by atoms with Crippen molar-refractivity contribution in [1.29, 1.82) is 0 Å². The standard InChI is InChI=1S/C69H50N2S2/c1-5-16-63-43(2)70(60-21-10-13-24-64(60)72-63)50-34-37-55-56(41-50)67(46-30-27-45(28-31-46)48-32-29-44-17-6-7-18-47(44)39-48)54-38-35-51(71-61-22-11-14-25-65(61)73-66-26-15-12-23-62(66)71)42-57(54)68(55)49-33-36-53-52-19-8-9-20-58(52)69(3,4)59(53)40-49/h5-42H,1-4H3/b16-5-. The second-order valence-electron chi connectivity index (χ2n) is 20.0. The van der Waals surface area contributed by atoms with Gasteiger partial charge in [-0.3, -0.25) is 0 Å².